The number of carbonyl (C=O) groups is 2. The molecule has 1 fully saturated rings. The maximum absolute atomic E-state index is 12.4. The number of amides is 2. The van der Waals surface area contributed by atoms with Crippen molar-refractivity contribution in [2.75, 3.05) is 31.1 Å². The van der Waals surface area contributed by atoms with Crippen LogP contribution in [0.1, 0.15) is 15.9 Å². The first-order valence-electron chi connectivity index (χ1n) is 7.02. The fourth-order valence-corrected chi connectivity index (χ4v) is 3.34. The fraction of sp³-hybridized carbons (Fsp3) is 0.429. The summed E-state index contributed by atoms with van der Waals surface area (Å²) in [5, 5.41) is 2.31. The maximum atomic E-state index is 12.4. The van der Waals surface area contributed by atoms with Crippen LogP contribution in [0.5, 0.6) is 0 Å². The summed E-state index contributed by atoms with van der Waals surface area (Å²) in [5.41, 5.74) is -0.873. The van der Waals surface area contributed by atoms with Crippen LogP contribution in [0, 0.1) is 0 Å². The van der Waals surface area contributed by atoms with Crippen molar-refractivity contribution in [3.05, 3.63) is 35.4 Å². The zero-order chi connectivity index (χ0) is 18.0. The van der Waals surface area contributed by atoms with Crippen LogP contribution in [-0.4, -0.2) is 56.3 Å². The summed E-state index contributed by atoms with van der Waals surface area (Å²) in [5.74, 6) is -1.36. The third-order valence-electron chi connectivity index (χ3n) is 3.57. The highest BCUT2D eigenvalue weighted by atomic mass is 32.2. The third kappa shape index (κ3) is 4.70. The molecule has 0 aliphatic carbocycles. The number of hydrogen-bond donors (Lipinski definition) is 1. The van der Waals surface area contributed by atoms with Gasteiger partial charge in [-0.25, -0.2) is 8.42 Å². The monoisotopic (exact) mass is 364 g/mol. The van der Waals surface area contributed by atoms with E-state index in [2.05, 4.69) is 5.32 Å². The Morgan fingerprint density at radius 3 is 2.12 bits per heavy atom. The molecule has 132 valence electrons. The molecular weight excluding hydrogens is 349 g/mol. The van der Waals surface area contributed by atoms with E-state index in [1.807, 2.05) is 0 Å². The number of carbonyl (C=O) groups excluding carboxylic acids is 2. The van der Waals surface area contributed by atoms with Gasteiger partial charge in [0, 0.05) is 18.7 Å². The van der Waals surface area contributed by atoms with Gasteiger partial charge in [0.1, 0.15) is 0 Å². The van der Waals surface area contributed by atoms with Crippen LogP contribution in [-0.2, 0) is 20.8 Å². The van der Waals surface area contributed by atoms with E-state index in [1.54, 1.807) is 0 Å². The molecule has 6 nitrogen and oxygen atoms in total. The summed E-state index contributed by atoms with van der Waals surface area (Å²) in [4.78, 5) is 25.1. The summed E-state index contributed by atoms with van der Waals surface area (Å²) >= 11 is 0. The van der Waals surface area contributed by atoms with E-state index < -0.39 is 33.4 Å². The Hall–Kier alpha value is -2.10. The normalized spacial score (nSPS) is 17.4. The first kappa shape index (κ1) is 18.2. The van der Waals surface area contributed by atoms with E-state index in [-0.39, 0.29) is 36.7 Å². The number of halogens is 3. The SMILES string of the molecule is O=C(NCC(=O)N1CCS(=O)(=O)CC1)c1ccc(C(F)(F)F)cc1. The van der Waals surface area contributed by atoms with Gasteiger partial charge >= 0.3 is 6.18 Å². The van der Waals surface area contributed by atoms with E-state index in [9.17, 15) is 31.2 Å². The number of nitrogens with one attached hydrogen (secondary N) is 1. The standard InChI is InChI=1S/C14H15F3N2O4S/c15-14(16,17)11-3-1-10(2-4-11)13(21)18-9-12(20)19-5-7-24(22,23)8-6-19/h1-4H,5-9H2,(H,18,21). The van der Waals surface area contributed by atoms with Gasteiger partial charge in [-0.3, -0.25) is 9.59 Å². The molecule has 10 heteroatoms. The topological polar surface area (TPSA) is 83.6 Å². The largest absolute Gasteiger partial charge is 0.416 e. The molecule has 1 heterocycles. The molecule has 2 rings (SSSR count). The molecule has 0 radical (unpaired) electrons. The van der Waals surface area contributed by atoms with E-state index in [4.69, 9.17) is 0 Å². The van der Waals surface area contributed by atoms with Crippen molar-refractivity contribution in [2.24, 2.45) is 0 Å². The van der Waals surface area contributed by atoms with Gasteiger partial charge in [-0.2, -0.15) is 13.2 Å². The van der Waals surface area contributed by atoms with Crippen molar-refractivity contribution >= 4 is 21.7 Å². The quantitative estimate of drug-likeness (QED) is 0.856. The number of hydrogen-bond acceptors (Lipinski definition) is 4. The number of benzene rings is 1. The minimum atomic E-state index is -4.49. The van der Waals surface area contributed by atoms with Gasteiger partial charge in [-0.15, -0.1) is 0 Å². The Kier molecular flexibility index (Phi) is 5.16. The lowest BCUT2D eigenvalue weighted by Gasteiger charge is -2.26. The zero-order valence-electron chi connectivity index (χ0n) is 12.5. The molecule has 24 heavy (non-hydrogen) atoms. The van der Waals surface area contributed by atoms with Crippen molar-refractivity contribution < 1.29 is 31.2 Å². The van der Waals surface area contributed by atoms with Crippen LogP contribution in [0.3, 0.4) is 0 Å². The lowest BCUT2D eigenvalue weighted by Crippen LogP contribution is -2.47. The molecule has 0 bridgehead atoms. The minimum absolute atomic E-state index is 0.00276. The Morgan fingerprint density at radius 2 is 1.62 bits per heavy atom. The van der Waals surface area contributed by atoms with Crippen molar-refractivity contribution in [1.82, 2.24) is 10.2 Å². The van der Waals surface area contributed by atoms with Crippen molar-refractivity contribution in [2.45, 2.75) is 6.18 Å². The fourth-order valence-electron chi connectivity index (χ4n) is 2.14. The smallest absolute Gasteiger partial charge is 0.343 e. The van der Waals surface area contributed by atoms with E-state index in [1.165, 1.54) is 4.90 Å². The lowest BCUT2D eigenvalue weighted by molar-refractivity contribution is -0.137. The summed E-state index contributed by atoms with van der Waals surface area (Å²) < 4.78 is 59.9. The molecular formula is C14H15F3N2O4S. The van der Waals surface area contributed by atoms with Crippen LogP contribution < -0.4 is 5.32 Å². The molecule has 1 aromatic rings. The summed E-state index contributed by atoms with van der Waals surface area (Å²) in [6, 6.07) is 3.62. The highest BCUT2D eigenvalue weighted by Crippen LogP contribution is 2.29. The average molecular weight is 364 g/mol. The second kappa shape index (κ2) is 6.80. The van der Waals surface area contributed by atoms with Crippen LogP contribution >= 0.6 is 0 Å². The van der Waals surface area contributed by atoms with Crippen LogP contribution in [0.25, 0.3) is 0 Å². The van der Waals surface area contributed by atoms with Gasteiger partial charge in [0.15, 0.2) is 9.84 Å². The third-order valence-corrected chi connectivity index (χ3v) is 5.18. The zero-order valence-corrected chi connectivity index (χ0v) is 13.3. The minimum Gasteiger partial charge on any atom is -0.343 e. The van der Waals surface area contributed by atoms with Crippen molar-refractivity contribution in [3.63, 3.8) is 0 Å². The van der Waals surface area contributed by atoms with Gasteiger partial charge < -0.3 is 10.2 Å². The summed E-state index contributed by atoms with van der Waals surface area (Å²) in [6.07, 6.45) is -4.49. The van der Waals surface area contributed by atoms with Gasteiger partial charge in [-0.1, -0.05) is 0 Å². The molecule has 1 aliphatic heterocycles. The highest BCUT2D eigenvalue weighted by molar-refractivity contribution is 7.91. The van der Waals surface area contributed by atoms with E-state index in [0.717, 1.165) is 24.3 Å². The average Bonchev–Trinajstić information content (AvgIpc) is 2.51. The Bertz CT molecular complexity index is 715. The van der Waals surface area contributed by atoms with Gasteiger partial charge in [0.2, 0.25) is 5.91 Å². The Morgan fingerprint density at radius 1 is 1.08 bits per heavy atom. The van der Waals surface area contributed by atoms with Gasteiger partial charge in [-0.05, 0) is 24.3 Å². The first-order valence-corrected chi connectivity index (χ1v) is 8.84. The molecule has 1 saturated heterocycles. The molecule has 0 atom stereocenters. The number of sulfone groups is 1. The number of rotatable bonds is 3. The molecule has 0 unspecified atom stereocenters. The van der Waals surface area contributed by atoms with E-state index >= 15 is 0 Å². The number of alkyl halides is 3. The Balaban J connectivity index is 1.88. The molecule has 2 amide bonds. The van der Waals surface area contributed by atoms with E-state index in [0.29, 0.717) is 0 Å². The summed E-state index contributed by atoms with van der Waals surface area (Å²) in [7, 11) is -3.11. The summed E-state index contributed by atoms with van der Waals surface area (Å²) in [6.45, 7) is -0.214. The molecule has 0 spiro atoms. The molecule has 0 aromatic heterocycles. The molecule has 1 aliphatic rings. The van der Waals surface area contributed by atoms with Crippen LogP contribution in [0.2, 0.25) is 0 Å². The number of nitrogens with zero attached hydrogens (tertiary/aromatic N) is 1. The van der Waals surface area contributed by atoms with Crippen LogP contribution in [0.15, 0.2) is 24.3 Å². The molecule has 1 N–H and O–H groups in total. The Labute approximate surface area is 136 Å². The van der Waals surface area contributed by atoms with Gasteiger partial charge in [0.25, 0.3) is 5.91 Å². The maximum Gasteiger partial charge on any atom is 0.416 e. The van der Waals surface area contributed by atoms with Crippen molar-refractivity contribution in [3.8, 4) is 0 Å². The molecule has 0 saturated carbocycles. The highest BCUT2D eigenvalue weighted by Gasteiger charge is 2.30. The molecule has 1 aromatic carbocycles. The second-order valence-electron chi connectivity index (χ2n) is 5.29. The van der Waals surface area contributed by atoms with Gasteiger partial charge in [0.05, 0.1) is 23.6 Å². The first-order chi connectivity index (χ1) is 11.1. The predicted octanol–water partition coefficient (Wildman–Crippen LogP) is 0.692. The van der Waals surface area contributed by atoms with Crippen molar-refractivity contribution in [1.29, 1.82) is 0 Å². The van der Waals surface area contributed by atoms with Crippen LogP contribution in [0.4, 0.5) is 13.2 Å². The second-order valence-corrected chi connectivity index (χ2v) is 7.59. The predicted molar refractivity (Wildman–Crippen MR) is 79.0 cm³/mol. The lowest BCUT2D eigenvalue weighted by atomic mass is 10.1.